The number of ketones is 1. The Bertz CT molecular complexity index is 5140. The Balaban J connectivity index is 1.08. The molecule has 3 fully saturated rings. The van der Waals surface area contributed by atoms with Gasteiger partial charge in [-0.05, 0) is 92.3 Å². The van der Waals surface area contributed by atoms with Crippen LogP contribution in [0.3, 0.4) is 0 Å². The molecule has 714 valence electrons. The largest absolute Gasteiger partial charge is 0.508 e. The second kappa shape index (κ2) is 48.5. The fourth-order valence-electron chi connectivity index (χ4n) is 16.5. The summed E-state index contributed by atoms with van der Waals surface area (Å²) in [7, 11) is 5.27. The summed E-state index contributed by atoms with van der Waals surface area (Å²) >= 11 is 0.787. The summed E-state index contributed by atoms with van der Waals surface area (Å²) in [6.07, 6.45) is 1.46. The highest BCUT2D eigenvalue weighted by atomic mass is 32.2. The maximum atomic E-state index is 15.6. The number of amides is 17. The first-order chi connectivity index (χ1) is 62.8. The Morgan fingerprint density at radius 3 is 1.83 bits per heavy atom. The number of primary amides is 3. The van der Waals surface area contributed by atoms with Gasteiger partial charge in [-0.3, -0.25) is 86.3 Å². The predicted octanol–water partition coefficient (Wildman–Crippen LogP) is -2.35. The number of H-pyrrole nitrogens is 3. The number of para-hydroxylation sites is 2. The smallest absolute Gasteiger partial charge is 0.246 e. The van der Waals surface area contributed by atoms with Crippen LogP contribution in [0.25, 0.3) is 21.8 Å². The molecule has 0 unspecified atom stereocenters. The minimum Gasteiger partial charge on any atom is -0.508 e. The number of fused-ring (bicyclic) bond motifs is 4. The van der Waals surface area contributed by atoms with Crippen molar-refractivity contribution in [3.8, 4) is 5.75 Å². The molecule has 0 saturated carbocycles. The van der Waals surface area contributed by atoms with Crippen LogP contribution in [0.2, 0.25) is 0 Å². The fraction of sp³-hybridized carbons (Fsp3) is 0.517. The Morgan fingerprint density at radius 2 is 1.20 bits per heavy atom. The van der Waals surface area contributed by atoms with Gasteiger partial charge >= 0.3 is 0 Å². The number of nitrogens with zero attached hydrogens (tertiary/aromatic N) is 6. The summed E-state index contributed by atoms with van der Waals surface area (Å²) in [4.78, 5) is 280. The second-order valence-electron chi connectivity index (χ2n) is 34.0. The molecule has 0 bridgehead atoms. The van der Waals surface area contributed by atoms with Gasteiger partial charge in [-0.1, -0.05) is 82.1 Å². The summed E-state index contributed by atoms with van der Waals surface area (Å²) in [5.74, 6) is -19.2. The molecule has 14 atom stereocenters. The van der Waals surface area contributed by atoms with E-state index >= 15 is 33.6 Å². The number of methoxy groups -OCH3 is 1. The molecule has 3 aliphatic heterocycles. The van der Waals surface area contributed by atoms with E-state index in [4.69, 9.17) is 21.9 Å². The quantitative estimate of drug-likeness (QED) is 0.0302. The summed E-state index contributed by atoms with van der Waals surface area (Å²) in [6.45, 7) is 4.35. The Kier molecular flexibility index (Phi) is 37.7. The number of likely N-dealkylation sites (N-methyl/N-ethyl adjacent to an activating group) is 3. The van der Waals surface area contributed by atoms with Gasteiger partial charge < -0.3 is 119 Å². The van der Waals surface area contributed by atoms with Gasteiger partial charge in [0.05, 0.1) is 49.4 Å². The molecule has 6 heterocycles. The SMILES string of the molecule is CCCC[C@H]1C(=O)N[C@@H](CC(C)C)C(=O)N[C@H](C(=O)NCC(N)=O)CSCC(=O)N[C@@H](Cc2ccc(O)cc2)C(=O)N(C)[C@@H](C)C(=O)N[C@@H](CC(N)=O)C(=O)N2CCC[C@H]2C(=O)N[C@@H](Cc2c[nH]cn2)C(=O)N[C@@H](CCC(N)=O)C(=O)N2C[C@H](O)C[C@H]2C(=O)C[C@@H](Cc2c[nH]c3ccccc23)C(=O)NCC(=O)N[C@@H](Cc2c[nH]c3ccccc23)C(=O)N(C)[C@@H](CCOC)C(=O)N1C. The molecular formula is C89H121N21O21S. The number of aromatic amines is 3. The number of Topliss-reactive ketones (excluding diaryl/α,β-unsaturated/α-hetero) is 1. The van der Waals surface area contributed by atoms with Crippen molar-refractivity contribution in [2.45, 2.75) is 209 Å². The van der Waals surface area contributed by atoms with Crippen LogP contribution >= 0.6 is 11.8 Å². The van der Waals surface area contributed by atoms with E-state index in [1.807, 2.05) is 6.92 Å². The molecule has 20 N–H and O–H groups in total. The van der Waals surface area contributed by atoms with Crippen molar-refractivity contribution in [1.29, 1.82) is 0 Å². The van der Waals surface area contributed by atoms with Gasteiger partial charge in [-0.2, -0.15) is 0 Å². The number of aliphatic hydroxyl groups is 1. The third-order valence-corrected chi connectivity index (χ3v) is 24.7. The number of aliphatic hydroxyl groups excluding tert-OH is 1. The predicted molar refractivity (Wildman–Crippen MR) is 481 cm³/mol. The second-order valence-corrected chi connectivity index (χ2v) is 35.0. The molecule has 3 saturated heterocycles. The lowest BCUT2D eigenvalue weighted by Gasteiger charge is -2.36. The molecule has 17 amide bonds. The van der Waals surface area contributed by atoms with Gasteiger partial charge in [0.1, 0.15) is 72.2 Å². The average molecular weight is 1850 g/mol. The van der Waals surface area contributed by atoms with Crippen LogP contribution in [0.4, 0.5) is 0 Å². The Labute approximate surface area is 766 Å². The van der Waals surface area contributed by atoms with Crippen LogP contribution in [0.15, 0.2) is 97.7 Å². The van der Waals surface area contributed by atoms with E-state index in [1.165, 1.54) is 72.0 Å². The number of imidazole rings is 1. The third kappa shape index (κ3) is 28.4. The fourth-order valence-corrected chi connectivity index (χ4v) is 17.3. The van der Waals surface area contributed by atoms with Crippen LogP contribution in [0.5, 0.6) is 5.75 Å². The standard InChI is InChI=1S/C89H121N21O21S/c1-9-10-20-68-83(124)102-62(31-48(2)3)81(122)105-67(80(121)96-42-75(92)116)45-132-46-77(118)100-64(32-50-22-24-55(111)25-23-50)85(126)106(5)49(4)78(119)104-66(38-74(91)115)88(129)109-29-15-21-69(109)84(125)103-63(36-54-41-93-47-98-54)82(123)101-61(26-27-73(90)114)87(128)110-44-56(112)37-71(110)72(113)35-51(33-52-39-94-59-18-13-11-16-57(52)59)79(120)97-43-76(117)99-65(34-53-40-95-60-19-14-12-17-58(53)60)86(127)108(7)70(28-30-131-8)89(130)107(68)6/h11-14,16-19,22-25,39-41,47-49,51,56,61-71,94-95,111-112H,9-10,15,20-21,26-38,42-46H2,1-8H3,(H2,90,114)(H2,91,115)(H2,92,116)(H,93,98)(H,96,121)(H,97,120)(H,99,117)(H,100,118)(H,101,123)(H,102,124)(H,103,125)(H,104,119)(H,105,122)/t49-,51+,56+,61-,62-,63-,64-,65-,66-,67-,68-,69-,70-,71-/m0/s1. The molecule has 3 aromatic carbocycles. The number of carbonyl (C=O) groups is 18. The molecule has 0 radical (unpaired) electrons. The molecule has 9 rings (SSSR count). The summed E-state index contributed by atoms with van der Waals surface area (Å²) in [5.41, 5.74) is 19.8. The molecule has 0 aliphatic carbocycles. The highest BCUT2D eigenvalue weighted by Crippen LogP contribution is 2.30. The zero-order chi connectivity index (χ0) is 96.3. The van der Waals surface area contributed by atoms with E-state index in [1.54, 1.807) is 74.8 Å². The lowest BCUT2D eigenvalue weighted by atomic mass is 9.90. The van der Waals surface area contributed by atoms with Gasteiger partial charge in [-0.15, -0.1) is 11.8 Å². The molecule has 3 aromatic heterocycles. The van der Waals surface area contributed by atoms with Crippen molar-refractivity contribution in [3.05, 3.63) is 120 Å². The summed E-state index contributed by atoms with van der Waals surface area (Å²) in [6, 6.07) is 1.42. The molecular weight excluding hydrogens is 1730 g/mol. The van der Waals surface area contributed by atoms with Gasteiger partial charge in [0.25, 0.3) is 0 Å². The van der Waals surface area contributed by atoms with E-state index in [-0.39, 0.29) is 94.7 Å². The zero-order valence-corrected chi connectivity index (χ0v) is 76.0. The molecule has 0 spiro atoms. The number of phenols is 1. The van der Waals surface area contributed by atoms with Crippen LogP contribution < -0.4 is 65.1 Å². The van der Waals surface area contributed by atoms with E-state index in [0.29, 0.717) is 51.3 Å². The number of rotatable bonds is 24. The lowest BCUT2D eigenvalue weighted by Crippen LogP contribution is -2.60. The van der Waals surface area contributed by atoms with Crippen molar-refractivity contribution in [1.82, 2.24) is 92.3 Å². The van der Waals surface area contributed by atoms with Crippen LogP contribution in [0.1, 0.15) is 127 Å². The van der Waals surface area contributed by atoms with Crippen LogP contribution in [-0.2, 0) is 117 Å². The maximum absolute atomic E-state index is 15.6. The van der Waals surface area contributed by atoms with Crippen LogP contribution in [-0.4, -0.2) is 312 Å². The van der Waals surface area contributed by atoms with E-state index in [0.717, 1.165) is 36.3 Å². The average Bonchev–Trinajstić information content (AvgIpc) is 1.72. The Morgan fingerprint density at radius 1 is 0.598 bits per heavy atom. The number of aromatic hydroxyl groups is 1. The van der Waals surface area contributed by atoms with Crippen molar-refractivity contribution >= 4 is 140 Å². The van der Waals surface area contributed by atoms with Crippen LogP contribution in [0, 0.1) is 11.8 Å². The lowest BCUT2D eigenvalue weighted by molar-refractivity contribution is -0.149. The monoisotopic (exact) mass is 1850 g/mol. The zero-order valence-electron chi connectivity index (χ0n) is 75.1. The van der Waals surface area contributed by atoms with E-state index < -0.39 is 248 Å². The van der Waals surface area contributed by atoms with Gasteiger partial charge in [0.2, 0.25) is 100 Å². The summed E-state index contributed by atoms with van der Waals surface area (Å²) < 4.78 is 5.50. The van der Waals surface area contributed by atoms with Gasteiger partial charge in [0, 0.05) is 145 Å². The molecule has 3 aliphatic rings. The van der Waals surface area contributed by atoms with E-state index in [2.05, 4.69) is 67.8 Å². The molecule has 6 aromatic rings. The van der Waals surface area contributed by atoms with Crippen molar-refractivity contribution in [2.75, 3.05) is 72.5 Å². The number of nitrogens with two attached hydrogens (primary N) is 3. The topological polar surface area (TPSA) is 620 Å². The number of hydrogen-bond donors (Lipinski definition) is 17. The van der Waals surface area contributed by atoms with E-state index in [9.17, 15) is 63.0 Å². The first kappa shape index (κ1) is 102. The van der Waals surface area contributed by atoms with Crippen molar-refractivity contribution in [2.24, 2.45) is 29.0 Å². The maximum Gasteiger partial charge on any atom is 0.246 e. The number of thioether (sulfide) groups is 1. The Hall–Kier alpha value is -13.3. The number of aromatic nitrogens is 4. The minimum absolute atomic E-state index is 0.0150. The highest BCUT2D eigenvalue weighted by Gasteiger charge is 2.46. The van der Waals surface area contributed by atoms with Crippen molar-refractivity contribution < 1.29 is 101 Å². The first-order valence-corrected chi connectivity index (χ1v) is 45.1. The molecule has 43 heteroatoms. The van der Waals surface area contributed by atoms with Gasteiger partial charge in [0.15, 0.2) is 5.78 Å². The normalized spacial score (nSPS) is 24.6. The molecule has 132 heavy (non-hydrogen) atoms. The number of unbranched alkanes of at least 4 members (excludes halogenated alkanes) is 1. The van der Waals surface area contributed by atoms with Crippen molar-refractivity contribution in [3.63, 3.8) is 0 Å². The number of carbonyl (C=O) groups excluding carboxylic acids is 18. The third-order valence-electron chi connectivity index (χ3n) is 23.7. The highest BCUT2D eigenvalue weighted by molar-refractivity contribution is 8.00. The molecule has 42 nitrogen and oxygen atoms in total. The number of phenolic OH excluding ortho intramolecular Hbond substituents is 1. The number of hydrogen-bond acceptors (Lipinski definition) is 23. The number of nitrogens with one attached hydrogen (secondary N) is 12. The summed E-state index contributed by atoms with van der Waals surface area (Å²) in [5, 5.41) is 46.6. The number of benzene rings is 3. The first-order valence-electron chi connectivity index (χ1n) is 43.9. The minimum atomic E-state index is -1.80. The van der Waals surface area contributed by atoms with Gasteiger partial charge in [-0.25, -0.2) is 4.98 Å². The number of ether oxygens (including phenoxy) is 1.